The van der Waals surface area contributed by atoms with E-state index < -0.39 is 17.5 Å². The summed E-state index contributed by atoms with van der Waals surface area (Å²) in [7, 11) is 4.56. The lowest BCUT2D eigenvalue weighted by molar-refractivity contribution is 0.325. The number of nitrogens with zero attached hydrogens (tertiary/aromatic N) is 1. The number of aromatic nitrogens is 1. The minimum atomic E-state index is -1.54. The molecular weight excluding hydrogens is 399 g/mol. The molecule has 30 heavy (non-hydrogen) atoms. The first-order chi connectivity index (χ1) is 14.5. The van der Waals surface area contributed by atoms with Crippen molar-refractivity contribution in [1.82, 2.24) is 4.98 Å². The van der Waals surface area contributed by atoms with Crippen molar-refractivity contribution >= 4 is 11.1 Å². The highest BCUT2D eigenvalue weighted by molar-refractivity contribution is 5.85. The van der Waals surface area contributed by atoms with Crippen molar-refractivity contribution < 1.29 is 31.8 Å². The Bertz CT molecular complexity index is 1230. The number of oxazole rings is 1. The van der Waals surface area contributed by atoms with Crippen molar-refractivity contribution in [3.8, 4) is 39.8 Å². The average Bonchev–Trinajstić information content (AvgIpc) is 3.19. The van der Waals surface area contributed by atoms with Crippen LogP contribution in [0.5, 0.6) is 17.2 Å². The highest BCUT2D eigenvalue weighted by Gasteiger charge is 2.19. The normalized spacial score (nSPS) is 11.0. The third-order valence-corrected chi connectivity index (χ3v) is 4.63. The van der Waals surface area contributed by atoms with Gasteiger partial charge in [-0.15, -0.1) is 0 Å². The molecule has 0 radical (unpaired) electrons. The van der Waals surface area contributed by atoms with Crippen LogP contribution >= 0.6 is 0 Å². The second-order valence-corrected chi connectivity index (χ2v) is 6.34. The van der Waals surface area contributed by atoms with Gasteiger partial charge in [0.05, 0.1) is 21.3 Å². The number of ether oxygens (including phenoxy) is 3. The Kier molecular flexibility index (Phi) is 4.99. The third kappa shape index (κ3) is 3.20. The van der Waals surface area contributed by atoms with Gasteiger partial charge in [-0.25, -0.2) is 18.2 Å². The molecule has 0 aliphatic heterocycles. The summed E-state index contributed by atoms with van der Waals surface area (Å²) in [6.45, 7) is 0. The van der Waals surface area contributed by atoms with Crippen LogP contribution in [0.15, 0.2) is 46.9 Å². The molecule has 4 rings (SSSR count). The second-order valence-electron chi connectivity index (χ2n) is 6.34. The molecule has 0 aliphatic carbocycles. The minimum absolute atomic E-state index is 0.00662. The zero-order valence-corrected chi connectivity index (χ0v) is 16.3. The maximum atomic E-state index is 13.6. The summed E-state index contributed by atoms with van der Waals surface area (Å²) in [5.74, 6) is -2.78. The van der Waals surface area contributed by atoms with E-state index in [2.05, 4.69) is 4.98 Å². The van der Waals surface area contributed by atoms with Crippen molar-refractivity contribution in [3.05, 3.63) is 59.9 Å². The maximum Gasteiger partial charge on any atom is 0.227 e. The summed E-state index contributed by atoms with van der Waals surface area (Å²) >= 11 is 0. The van der Waals surface area contributed by atoms with E-state index in [4.69, 9.17) is 18.6 Å². The van der Waals surface area contributed by atoms with E-state index in [1.54, 1.807) is 24.3 Å². The van der Waals surface area contributed by atoms with Gasteiger partial charge in [0, 0.05) is 11.1 Å². The summed E-state index contributed by atoms with van der Waals surface area (Å²) < 4.78 is 62.3. The fourth-order valence-corrected chi connectivity index (χ4v) is 3.22. The molecule has 0 saturated heterocycles. The molecule has 0 unspecified atom stereocenters. The molecular formula is C22H16F3NO4. The highest BCUT2D eigenvalue weighted by Crippen LogP contribution is 2.44. The number of benzene rings is 3. The lowest BCUT2D eigenvalue weighted by atomic mass is 10.0. The summed E-state index contributed by atoms with van der Waals surface area (Å²) in [4.78, 5) is 4.23. The molecule has 1 aromatic heterocycles. The van der Waals surface area contributed by atoms with E-state index in [1.165, 1.54) is 21.3 Å². The zero-order chi connectivity index (χ0) is 21.4. The molecule has 154 valence electrons. The molecule has 0 fully saturated rings. The van der Waals surface area contributed by atoms with Crippen LogP contribution < -0.4 is 14.2 Å². The van der Waals surface area contributed by atoms with Crippen LogP contribution in [-0.2, 0) is 0 Å². The van der Waals surface area contributed by atoms with Gasteiger partial charge >= 0.3 is 0 Å². The average molecular weight is 415 g/mol. The lowest BCUT2D eigenvalue weighted by Crippen LogP contribution is -1.96. The Hall–Kier alpha value is -3.68. The Balaban J connectivity index is 1.82. The zero-order valence-electron chi connectivity index (χ0n) is 16.3. The number of halogens is 3. The summed E-state index contributed by atoms with van der Waals surface area (Å²) in [6, 6.07) is 10.4. The van der Waals surface area contributed by atoms with Crippen molar-refractivity contribution in [2.24, 2.45) is 0 Å². The molecule has 0 amide bonds. The van der Waals surface area contributed by atoms with E-state index >= 15 is 0 Å². The molecule has 0 saturated carbocycles. The quantitative estimate of drug-likeness (QED) is 0.397. The van der Waals surface area contributed by atoms with Crippen molar-refractivity contribution in [2.45, 2.75) is 0 Å². The third-order valence-electron chi connectivity index (χ3n) is 4.63. The number of rotatable bonds is 5. The standard InChI is InChI=1S/C22H16F3NO4/c1-27-17-7-5-13(20(28-2)21(17)29-3)11-4-6-16-18(10-11)30-22(26-16)12-8-14(23)19(25)15(24)9-12/h4-10H,1-3H3. The van der Waals surface area contributed by atoms with E-state index in [0.29, 0.717) is 33.9 Å². The van der Waals surface area contributed by atoms with Gasteiger partial charge in [0.15, 0.2) is 34.5 Å². The van der Waals surface area contributed by atoms with Crippen LogP contribution in [0, 0.1) is 17.5 Å². The van der Waals surface area contributed by atoms with Gasteiger partial charge in [-0.3, -0.25) is 0 Å². The molecule has 8 heteroatoms. The molecule has 0 bridgehead atoms. The molecule has 5 nitrogen and oxygen atoms in total. The van der Waals surface area contributed by atoms with E-state index in [-0.39, 0.29) is 11.5 Å². The fourth-order valence-electron chi connectivity index (χ4n) is 3.22. The lowest BCUT2D eigenvalue weighted by Gasteiger charge is -2.15. The van der Waals surface area contributed by atoms with E-state index in [0.717, 1.165) is 17.7 Å². The number of methoxy groups -OCH3 is 3. The maximum absolute atomic E-state index is 13.6. The summed E-state index contributed by atoms with van der Waals surface area (Å²) in [5.41, 5.74) is 2.30. The van der Waals surface area contributed by atoms with E-state index in [9.17, 15) is 13.2 Å². The van der Waals surface area contributed by atoms with Gasteiger partial charge < -0.3 is 18.6 Å². The number of fused-ring (bicyclic) bond motifs is 1. The number of hydrogen-bond acceptors (Lipinski definition) is 5. The topological polar surface area (TPSA) is 53.7 Å². The van der Waals surface area contributed by atoms with Crippen molar-refractivity contribution in [1.29, 1.82) is 0 Å². The Morgan fingerprint density at radius 3 is 2.10 bits per heavy atom. The predicted molar refractivity (Wildman–Crippen MR) is 104 cm³/mol. The summed E-state index contributed by atoms with van der Waals surface area (Å²) in [5, 5.41) is 0. The number of hydrogen-bond donors (Lipinski definition) is 0. The van der Waals surface area contributed by atoms with Gasteiger partial charge in [-0.1, -0.05) is 6.07 Å². The minimum Gasteiger partial charge on any atom is -0.493 e. The van der Waals surface area contributed by atoms with Crippen LogP contribution in [-0.4, -0.2) is 26.3 Å². The Morgan fingerprint density at radius 2 is 1.47 bits per heavy atom. The van der Waals surface area contributed by atoms with Crippen LogP contribution in [0.3, 0.4) is 0 Å². The van der Waals surface area contributed by atoms with Gasteiger partial charge in [-0.2, -0.15) is 0 Å². The van der Waals surface area contributed by atoms with Crippen LogP contribution in [0.25, 0.3) is 33.7 Å². The van der Waals surface area contributed by atoms with Gasteiger partial charge in [0.1, 0.15) is 5.52 Å². The van der Waals surface area contributed by atoms with Crippen LogP contribution in [0.4, 0.5) is 13.2 Å². The molecule has 0 N–H and O–H groups in total. The van der Waals surface area contributed by atoms with Crippen molar-refractivity contribution in [2.75, 3.05) is 21.3 Å². The van der Waals surface area contributed by atoms with Gasteiger partial charge in [-0.05, 0) is 42.0 Å². The van der Waals surface area contributed by atoms with Crippen LogP contribution in [0.1, 0.15) is 0 Å². The summed E-state index contributed by atoms with van der Waals surface area (Å²) in [6.07, 6.45) is 0. The first kappa shape index (κ1) is 19.6. The molecule has 4 aromatic rings. The van der Waals surface area contributed by atoms with Gasteiger partial charge in [0.25, 0.3) is 0 Å². The van der Waals surface area contributed by atoms with Gasteiger partial charge in [0.2, 0.25) is 11.6 Å². The Labute approximate surface area is 169 Å². The van der Waals surface area contributed by atoms with Crippen LogP contribution in [0.2, 0.25) is 0 Å². The molecule has 1 heterocycles. The molecule has 0 atom stereocenters. The largest absolute Gasteiger partial charge is 0.493 e. The molecule has 3 aromatic carbocycles. The van der Waals surface area contributed by atoms with E-state index in [1.807, 2.05) is 6.07 Å². The molecule has 0 aliphatic rings. The molecule has 0 spiro atoms. The first-order valence-electron chi connectivity index (χ1n) is 8.81. The smallest absolute Gasteiger partial charge is 0.227 e. The Morgan fingerprint density at radius 1 is 0.767 bits per heavy atom. The monoisotopic (exact) mass is 415 g/mol. The predicted octanol–water partition coefficient (Wildman–Crippen LogP) is 5.60. The highest BCUT2D eigenvalue weighted by atomic mass is 19.2. The SMILES string of the molecule is COc1ccc(-c2ccc3nc(-c4cc(F)c(F)c(F)c4)oc3c2)c(OC)c1OC. The second kappa shape index (κ2) is 7.62. The van der Waals surface area contributed by atoms with Crippen molar-refractivity contribution in [3.63, 3.8) is 0 Å². The first-order valence-corrected chi connectivity index (χ1v) is 8.81. The fraction of sp³-hybridized carbons (Fsp3) is 0.136.